The lowest BCUT2D eigenvalue weighted by atomic mass is 9.92. The van der Waals surface area contributed by atoms with E-state index in [1.807, 2.05) is 47.9 Å². The van der Waals surface area contributed by atoms with Gasteiger partial charge in [0.2, 0.25) is 0 Å². The predicted molar refractivity (Wildman–Crippen MR) is 97.5 cm³/mol. The number of hydrogen-bond donors (Lipinski definition) is 0. The third kappa shape index (κ3) is 3.55. The molecule has 0 bridgehead atoms. The second kappa shape index (κ2) is 6.77. The lowest BCUT2D eigenvalue weighted by Crippen LogP contribution is -2.60. The van der Waals surface area contributed by atoms with Gasteiger partial charge in [0, 0.05) is 37.4 Å². The van der Waals surface area contributed by atoms with Crippen molar-refractivity contribution in [1.82, 2.24) is 14.9 Å². The van der Waals surface area contributed by atoms with Crippen LogP contribution in [0.15, 0.2) is 42.9 Å². The molecule has 2 aromatic heterocycles. The van der Waals surface area contributed by atoms with Crippen molar-refractivity contribution in [3.8, 4) is 0 Å². The number of nitrogens with zero attached hydrogens (tertiary/aromatic N) is 3. The van der Waals surface area contributed by atoms with E-state index in [2.05, 4.69) is 9.97 Å². The van der Waals surface area contributed by atoms with Crippen molar-refractivity contribution in [2.75, 3.05) is 18.8 Å². The molecule has 2 fully saturated rings. The third-order valence-electron chi connectivity index (χ3n) is 4.74. The Morgan fingerprint density at radius 2 is 2.28 bits per heavy atom. The fraction of sp³-hybridized carbons (Fsp3) is 0.421. The van der Waals surface area contributed by atoms with Gasteiger partial charge in [0.1, 0.15) is 0 Å². The van der Waals surface area contributed by atoms with Gasteiger partial charge >= 0.3 is 0 Å². The molecule has 4 rings (SSSR count). The zero-order valence-corrected chi connectivity index (χ0v) is 15.0. The SMILES string of the molecule is Cc1cncc(C(=O)N2CC3(C[C@H](OCc4ccccn4)CS3)C2)c1. The van der Waals surface area contributed by atoms with Crippen molar-refractivity contribution in [1.29, 1.82) is 0 Å². The highest BCUT2D eigenvalue weighted by Gasteiger charge is 2.51. The van der Waals surface area contributed by atoms with Crippen molar-refractivity contribution < 1.29 is 9.53 Å². The Bertz CT molecular complexity index is 762. The van der Waals surface area contributed by atoms with Crippen LogP contribution in [-0.2, 0) is 11.3 Å². The first-order chi connectivity index (χ1) is 12.1. The van der Waals surface area contributed by atoms with Crippen molar-refractivity contribution in [3.05, 3.63) is 59.7 Å². The van der Waals surface area contributed by atoms with Gasteiger partial charge in [-0.15, -0.1) is 11.8 Å². The molecule has 6 heteroatoms. The van der Waals surface area contributed by atoms with E-state index in [0.717, 1.165) is 36.5 Å². The Balaban J connectivity index is 1.29. The highest BCUT2D eigenvalue weighted by Crippen LogP contribution is 2.46. The van der Waals surface area contributed by atoms with Gasteiger partial charge in [0.05, 0.1) is 28.7 Å². The molecule has 0 unspecified atom stereocenters. The van der Waals surface area contributed by atoms with Crippen LogP contribution in [0.25, 0.3) is 0 Å². The van der Waals surface area contributed by atoms with Gasteiger partial charge in [-0.1, -0.05) is 6.07 Å². The highest BCUT2D eigenvalue weighted by molar-refractivity contribution is 8.01. The minimum absolute atomic E-state index is 0.0836. The second-order valence-electron chi connectivity index (χ2n) is 6.86. The summed E-state index contributed by atoms with van der Waals surface area (Å²) in [5.74, 6) is 1.07. The predicted octanol–water partition coefficient (Wildman–Crippen LogP) is 2.70. The van der Waals surface area contributed by atoms with Crippen LogP contribution < -0.4 is 0 Å². The molecule has 1 amide bonds. The average Bonchev–Trinajstić information content (AvgIpc) is 3.04. The molecule has 2 aliphatic heterocycles. The molecule has 1 spiro atoms. The van der Waals surface area contributed by atoms with E-state index in [0.29, 0.717) is 12.2 Å². The molecule has 2 aromatic rings. The summed E-state index contributed by atoms with van der Waals surface area (Å²) in [5, 5.41) is 0. The first-order valence-corrected chi connectivity index (χ1v) is 9.49. The van der Waals surface area contributed by atoms with Gasteiger partial charge in [-0.3, -0.25) is 14.8 Å². The number of thioether (sulfide) groups is 1. The highest BCUT2D eigenvalue weighted by atomic mass is 32.2. The molecule has 130 valence electrons. The van der Waals surface area contributed by atoms with Crippen LogP contribution in [0, 0.1) is 6.92 Å². The minimum atomic E-state index is 0.0836. The molecule has 0 aromatic carbocycles. The lowest BCUT2D eigenvalue weighted by molar-refractivity contribution is 0.0245. The van der Waals surface area contributed by atoms with Gasteiger partial charge in [-0.05, 0) is 37.1 Å². The summed E-state index contributed by atoms with van der Waals surface area (Å²) in [4.78, 5) is 22.9. The molecular weight excluding hydrogens is 334 g/mol. The van der Waals surface area contributed by atoms with Gasteiger partial charge in [-0.2, -0.15) is 0 Å². The van der Waals surface area contributed by atoms with Gasteiger partial charge in [0.15, 0.2) is 0 Å². The van der Waals surface area contributed by atoms with Gasteiger partial charge < -0.3 is 9.64 Å². The first-order valence-electron chi connectivity index (χ1n) is 8.50. The fourth-order valence-corrected chi connectivity index (χ4v) is 5.02. The van der Waals surface area contributed by atoms with E-state index in [1.54, 1.807) is 18.6 Å². The number of amides is 1. The molecule has 2 saturated heterocycles. The van der Waals surface area contributed by atoms with Gasteiger partial charge in [-0.25, -0.2) is 0 Å². The number of carbonyl (C=O) groups is 1. The van der Waals surface area contributed by atoms with Crippen LogP contribution in [-0.4, -0.2) is 50.5 Å². The summed E-state index contributed by atoms with van der Waals surface area (Å²) >= 11 is 1.94. The zero-order valence-electron chi connectivity index (χ0n) is 14.2. The maximum absolute atomic E-state index is 12.5. The van der Waals surface area contributed by atoms with Crippen molar-refractivity contribution in [2.45, 2.75) is 30.8 Å². The van der Waals surface area contributed by atoms with E-state index in [4.69, 9.17) is 4.74 Å². The van der Waals surface area contributed by atoms with E-state index in [1.165, 1.54) is 0 Å². The third-order valence-corrected chi connectivity index (χ3v) is 6.31. The number of aromatic nitrogens is 2. The fourth-order valence-electron chi connectivity index (χ4n) is 3.46. The van der Waals surface area contributed by atoms with Crippen molar-refractivity contribution in [2.24, 2.45) is 0 Å². The van der Waals surface area contributed by atoms with Crippen molar-refractivity contribution in [3.63, 3.8) is 0 Å². The minimum Gasteiger partial charge on any atom is -0.371 e. The molecule has 1 atom stereocenters. The summed E-state index contributed by atoms with van der Waals surface area (Å²) < 4.78 is 6.19. The van der Waals surface area contributed by atoms with Crippen LogP contribution in [0.1, 0.15) is 28.0 Å². The first kappa shape index (κ1) is 16.5. The number of hydrogen-bond acceptors (Lipinski definition) is 5. The molecule has 4 heterocycles. The average molecular weight is 355 g/mol. The molecule has 0 saturated carbocycles. The van der Waals surface area contributed by atoms with Crippen molar-refractivity contribution >= 4 is 17.7 Å². The molecule has 0 radical (unpaired) electrons. The molecule has 25 heavy (non-hydrogen) atoms. The van der Waals surface area contributed by atoms with Crippen LogP contribution in [0.3, 0.4) is 0 Å². The Morgan fingerprint density at radius 3 is 3.04 bits per heavy atom. The number of aryl methyl sites for hydroxylation is 1. The van der Waals surface area contributed by atoms with Crippen LogP contribution in [0.4, 0.5) is 0 Å². The summed E-state index contributed by atoms with van der Waals surface area (Å²) in [6, 6.07) is 7.78. The van der Waals surface area contributed by atoms with Crippen LogP contribution >= 0.6 is 11.8 Å². The maximum Gasteiger partial charge on any atom is 0.255 e. The van der Waals surface area contributed by atoms with E-state index < -0.39 is 0 Å². The molecule has 0 aliphatic carbocycles. The number of carbonyl (C=O) groups excluding carboxylic acids is 1. The number of likely N-dealkylation sites (tertiary alicyclic amines) is 1. The van der Waals surface area contributed by atoms with E-state index in [9.17, 15) is 4.79 Å². The number of rotatable bonds is 4. The molecular formula is C19H21N3O2S. The normalized spacial score (nSPS) is 21.3. The summed E-state index contributed by atoms with van der Waals surface area (Å²) in [6.45, 7) is 4.11. The molecule has 2 aliphatic rings. The van der Waals surface area contributed by atoms with Gasteiger partial charge in [0.25, 0.3) is 5.91 Å². The summed E-state index contributed by atoms with van der Waals surface area (Å²) in [5.41, 5.74) is 2.66. The number of pyridine rings is 2. The Labute approximate surface area is 151 Å². The lowest BCUT2D eigenvalue weighted by Gasteiger charge is -2.47. The van der Waals surface area contributed by atoms with Crippen LogP contribution in [0.5, 0.6) is 0 Å². The zero-order chi connectivity index (χ0) is 17.3. The number of ether oxygens (including phenoxy) is 1. The standard InChI is InChI=1S/C19H21N3O2S/c1-14-6-15(9-20-8-14)18(23)22-12-19(13-22)7-17(11-25-19)24-10-16-4-2-3-5-21-16/h2-6,8-9,17H,7,10-13H2,1H3/t17-/m0/s1. The molecule has 0 N–H and O–H groups in total. The van der Waals surface area contributed by atoms with Crippen LogP contribution in [0.2, 0.25) is 0 Å². The summed E-state index contributed by atoms with van der Waals surface area (Å²) in [6.07, 6.45) is 6.45. The van der Waals surface area contributed by atoms with E-state index >= 15 is 0 Å². The Morgan fingerprint density at radius 1 is 1.40 bits per heavy atom. The van der Waals surface area contributed by atoms with E-state index in [-0.39, 0.29) is 16.8 Å². The largest absolute Gasteiger partial charge is 0.371 e. The summed E-state index contributed by atoms with van der Waals surface area (Å²) in [7, 11) is 0. The maximum atomic E-state index is 12.5. The Kier molecular flexibility index (Phi) is 4.48. The smallest absolute Gasteiger partial charge is 0.255 e. The quantitative estimate of drug-likeness (QED) is 0.844. The Hall–Kier alpha value is -1.92. The molecule has 5 nitrogen and oxygen atoms in total. The monoisotopic (exact) mass is 355 g/mol. The second-order valence-corrected chi connectivity index (χ2v) is 8.35. The topological polar surface area (TPSA) is 55.3 Å².